The molecule has 19 heavy (non-hydrogen) atoms. The van der Waals surface area contributed by atoms with E-state index < -0.39 is 0 Å². The van der Waals surface area contributed by atoms with Crippen LogP contribution in [0.5, 0.6) is 0 Å². The Hall–Kier alpha value is -2.22. The molecule has 1 amide bonds. The minimum absolute atomic E-state index is 0.0774. The van der Waals surface area contributed by atoms with Gasteiger partial charge in [0.1, 0.15) is 0 Å². The quantitative estimate of drug-likeness (QED) is 0.834. The number of nitriles is 1. The molecule has 1 unspecified atom stereocenters. The number of carbonyl (C=O) groups is 1. The number of hydrogen-bond donors (Lipinski definition) is 1. The van der Waals surface area contributed by atoms with Crippen molar-refractivity contribution in [2.45, 2.75) is 6.92 Å². The lowest BCUT2D eigenvalue weighted by Gasteiger charge is -2.24. The van der Waals surface area contributed by atoms with E-state index in [9.17, 15) is 4.79 Å². The lowest BCUT2D eigenvalue weighted by atomic mass is 10.1. The molecule has 2 N–H and O–H groups in total. The van der Waals surface area contributed by atoms with Crippen LogP contribution in [0.1, 0.15) is 17.3 Å². The third-order valence-electron chi connectivity index (χ3n) is 2.84. The van der Waals surface area contributed by atoms with Gasteiger partial charge >= 0.3 is 0 Å². The number of hydrogen-bond acceptors (Lipinski definition) is 4. The van der Waals surface area contributed by atoms with Gasteiger partial charge in [-0.05, 0) is 25.1 Å². The molecular formula is C14H20N4O. The summed E-state index contributed by atoms with van der Waals surface area (Å²) in [5.41, 5.74) is 7.73. The van der Waals surface area contributed by atoms with Crippen molar-refractivity contribution in [3.63, 3.8) is 0 Å². The molecule has 0 spiro atoms. The largest absolute Gasteiger partial charge is 0.399 e. The van der Waals surface area contributed by atoms with Gasteiger partial charge in [-0.25, -0.2) is 0 Å². The summed E-state index contributed by atoms with van der Waals surface area (Å²) in [6.45, 7) is 2.39. The fourth-order valence-electron chi connectivity index (χ4n) is 1.84. The highest BCUT2D eigenvalue weighted by molar-refractivity contribution is 6.00. The molecule has 0 bridgehead atoms. The molecule has 0 aromatic heterocycles. The Labute approximate surface area is 114 Å². The van der Waals surface area contributed by atoms with Gasteiger partial charge < -0.3 is 15.5 Å². The molecule has 0 saturated heterocycles. The van der Waals surface area contributed by atoms with E-state index >= 15 is 0 Å². The monoisotopic (exact) mass is 260 g/mol. The van der Waals surface area contributed by atoms with Gasteiger partial charge in [-0.3, -0.25) is 4.79 Å². The lowest BCUT2D eigenvalue weighted by molar-refractivity contribution is 0.0828. The topological polar surface area (TPSA) is 73.4 Å². The number of benzene rings is 1. The van der Waals surface area contributed by atoms with Crippen molar-refractivity contribution in [3.05, 3.63) is 23.8 Å². The van der Waals surface area contributed by atoms with Crippen molar-refractivity contribution >= 4 is 17.3 Å². The molecule has 0 heterocycles. The molecular weight excluding hydrogens is 240 g/mol. The standard InChI is InChI=1S/C14H20N4O/c1-10(8-15)9-18(4)13-7-11(16)5-6-12(13)14(19)17(2)3/h5-7,10H,9,16H2,1-4H3. The summed E-state index contributed by atoms with van der Waals surface area (Å²) >= 11 is 0. The summed E-state index contributed by atoms with van der Waals surface area (Å²) < 4.78 is 0. The number of carbonyl (C=O) groups excluding carboxylic acids is 1. The van der Waals surface area contributed by atoms with Crippen LogP contribution >= 0.6 is 0 Å². The molecule has 0 fully saturated rings. The van der Waals surface area contributed by atoms with Crippen molar-refractivity contribution in [2.75, 3.05) is 38.3 Å². The Bertz CT molecular complexity index is 505. The van der Waals surface area contributed by atoms with Crippen LogP contribution in [0.2, 0.25) is 0 Å². The zero-order valence-corrected chi connectivity index (χ0v) is 11.8. The van der Waals surface area contributed by atoms with Gasteiger partial charge in [-0.15, -0.1) is 0 Å². The smallest absolute Gasteiger partial charge is 0.255 e. The summed E-state index contributed by atoms with van der Waals surface area (Å²) in [7, 11) is 5.27. The Balaban J connectivity index is 3.14. The van der Waals surface area contributed by atoms with E-state index in [-0.39, 0.29) is 11.8 Å². The van der Waals surface area contributed by atoms with E-state index in [2.05, 4.69) is 6.07 Å². The second-order valence-electron chi connectivity index (χ2n) is 4.89. The number of rotatable bonds is 4. The van der Waals surface area contributed by atoms with Crippen LogP contribution in [0.25, 0.3) is 0 Å². The van der Waals surface area contributed by atoms with Gasteiger partial charge in [0.15, 0.2) is 0 Å². The van der Waals surface area contributed by atoms with Crippen LogP contribution in [-0.4, -0.2) is 38.5 Å². The number of amides is 1. The Morgan fingerprint density at radius 1 is 1.42 bits per heavy atom. The van der Waals surface area contributed by atoms with Crippen molar-refractivity contribution in [1.82, 2.24) is 4.90 Å². The Kier molecular flexibility index (Phi) is 4.76. The van der Waals surface area contributed by atoms with Gasteiger partial charge in [0.05, 0.1) is 23.2 Å². The van der Waals surface area contributed by atoms with Crippen LogP contribution in [-0.2, 0) is 0 Å². The zero-order valence-electron chi connectivity index (χ0n) is 11.8. The molecule has 0 radical (unpaired) electrons. The van der Waals surface area contributed by atoms with Gasteiger partial charge in [0.25, 0.3) is 5.91 Å². The van der Waals surface area contributed by atoms with Crippen LogP contribution in [0.15, 0.2) is 18.2 Å². The van der Waals surface area contributed by atoms with Crippen molar-refractivity contribution in [2.24, 2.45) is 5.92 Å². The van der Waals surface area contributed by atoms with Crippen LogP contribution in [0.4, 0.5) is 11.4 Å². The zero-order chi connectivity index (χ0) is 14.6. The lowest BCUT2D eigenvalue weighted by Crippen LogP contribution is -2.28. The van der Waals surface area contributed by atoms with Crippen molar-refractivity contribution in [3.8, 4) is 6.07 Å². The molecule has 0 aliphatic rings. The van der Waals surface area contributed by atoms with Gasteiger partial charge in [-0.2, -0.15) is 5.26 Å². The first kappa shape index (κ1) is 14.8. The summed E-state index contributed by atoms with van der Waals surface area (Å²) in [6, 6.07) is 7.38. The first-order valence-electron chi connectivity index (χ1n) is 6.08. The summed E-state index contributed by atoms with van der Waals surface area (Å²) in [4.78, 5) is 15.5. The van der Waals surface area contributed by atoms with E-state index in [1.165, 1.54) is 4.90 Å². The second-order valence-corrected chi connectivity index (χ2v) is 4.89. The minimum Gasteiger partial charge on any atom is -0.399 e. The Morgan fingerprint density at radius 2 is 2.05 bits per heavy atom. The van der Waals surface area contributed by atoms with E-state index in [4.69, 9.17) is 11.0 Å². The van der Waals surface area contributed by atoms with E-state index in [0.717, 1.165) is 5.69 Å². The molecule has 1 atom stereocenters. The molecule has 1 aromatic rings. The van der Waals surface area contributed by atoms with E-state index in [1.54, 1.807) is 32.3 Å². The molecule has 0 saturated carbocycles. The highest BCUT2D eigenvalue weighted by Gasteiger charge is 2.17. The maximum absolute atomic E-state index is 12.1. The summed E-state index contributed by atoms with van der Waals surface area (Å²) in [5.74, 6) is -0.194. The minimum atomic E-state index is -0.117. The highest BCUT2D eigenvalue weighted by atomic mass is 16.2. The van der Waals surface area contributed by atoms with Crippen LogP contribution in [0, 0.1) is 17.2 Å². The SMILES string of the molecule is CC(C#N)CN(C)c1cc(N)ccc1C(=O)N(C)C. The van der Waals surface area contributed by atoms with E-state index in [1.807, 2.05) is 18.9 Å². The predicted octanol–water partition coefficient (Wildman–Crippen LogP) is 1.57. The average molecular weight is 260 g/mol. The summed E-state index contributed by atoms with van der Waals surface area (Å²) in [6.07, 6.45) is 0. The van der Waals surface area contributed by atoms with Gasteiger partial charge in [-0.1, -0.05) is 0 Å². The molecule has 102 valence electrons. The number of nitrogens with two attached hydrogens (primary N) is 1. The number of nitrogens with zero attached hydrogens (tertiary/aromatic N) is 3. The second kappa shape index (κ2) is 6.10. The predicted molar refractivity (Wildman–Crippen MR) is 76.9 cm³/mol. The maximum Gasteiger partial charge on any atom is 0.255 e. The normalized spacial score (nSPS) is 11.5. The van der Waals surface area contributed by atoms with Crippen LogP contribution < -0.4 is 10.6 Å². The molecule has 0 aliphatic heterocycles. The van der Waals surface area contributed by atoms with Gasteiger partial charge in [0, 0.05) is 33.4 Å². The fourth-order valence-corrected chi connectivity index (χ4v) is 1.84. The van der Waals surface area contributed by atoms with Gasteiger partial charge in [0.2, 0.25) is 0 Å². The molecule has 0 aliphatic carbocycles. The maximum atomic E-state index is 12.1. The number of nitrogen functional groups attached to an aromatic ring is 1. The molecule has 1 rings (SSSR count). The van der Waals surface area contributed by atoms with Crippen molar-refractivity contribution < 1.29 is 4.79 Å². The number of anilines is 2. The summed E-state index contributed by atoms with van der Waals surface area (Å²) in [5, 5.41) is 8.88. The molecule has 5 heteroatoms. The average Bonchev–Trinajstić information content (AvgIpc) is 2.37. The first-order valence-corrected chi connectivity index (χ1v) is 6.08. The molecule has 5 nitrogen and oxygen atoms in total. The third-order valence-corrected chi connectivity index (χ3v) is 2.84. The van der Waals surface area contributed by atoms with Crippen molar-refractivity contribution in [1.29, 1.82) is 5.26 Å². The highest BCUT2D eigenvalue weighted by Crippen LogP contribution is 2.24. The third kappa shape index (κ3) is 3.62. The Morgan fingerprint density at radius 3 is 2.58 bits per heavy atom. The van der Waals surface area contributed by atoms with E-state index in [0.29, 0.717) is 17.8 Å². The van der Waals surface area contributed by atoms with Crippen LogP contribution in [0.3, 0.4) is 0 Å². The fraction of sp³-hybridized carbons (Fsp3) is 0.429. The molecule has 1 aromatic carbocycles. The first-order chi connectivity index (χ1) is 8.86.